The van der Waals surface area contributed by atoms with Gasteiger partial charge in [-0.2, -0.15) is 19.6 Å². The molecule has 3 N–H and O–H groups in total. The summed E-state index contributed by atoms with van der Waals surface area (Å²) in [6.07, 6.45) is 0. The summed E-state index contributed by atoms with van der Waals surface area (Å²) in [5, 5.41) is 0. The standard InChI is InChI=1S/C5H6FGe.3C2H6N.Zr/c6-7-5-3-1-2-4-5;3*1-2-3;/h1-4H,7H2;3*3H,2H2,1H3;/q4*-1;+4. The van der Waals surface area contributed by atoms with Gasteiger partial charge in [-0.3, -0.25) is 0 Å². The molecule has 0 aliphatic rings. The zero-order chi connectivity index (χ0) is 13.2. The number of nitrogens with one attached hydrogen (secondary N) is 3. The van der Waals surface area contributed by atoms with Crippen LogP contribution in [0.15, 0.2) is 24.3 Å². The third-order valence-electron chi connectivity index (χ3n) is 0.886. The van der Waals surface area contributed by atoms with E-state index in [2.05, 4.69) is 0 Å². The Hall–Kier alpha value is 0.586. The van der Waals surface area contributed by atoms with Gasteiger partial charge in [0.1, 0.15) is 0 Å². The summed E-state index contributed by atoms with van der Waals surface area (Å²) in [4.78, 5) is 0. The molecule has 98 valence electrons. The Labute approximate surface area is 131 Å². The normalized spacial score (nSPS) is 7.71. The van der Waals surface area contributed by atoms with Crippen LogP contribution in [0, 0.1) is 0 Å². The summed E-state index contributed by atoms with van der Waals surface area (Å²) in [5.74, 6) is 0. The monoisotopic (exact) mass is 381 g/mol. The quantitative estimate of drug-likeness (QED) is 0.529. The Morgan fingerprint density at radius 3 is 1.29 bits per heavy atom. The molecular weight excluding hydrogens is 357 g/mol. The van der Waals surface area contributed by atoms with Crippen LogP contribution in [0.25, 0.3) is 17.2 Å². The van der Waals surface area contributed by atoms with Gasteiger partial charge < -0.3 is 17.2 Å². The van der Waals surface area contributed by atoms with Crippen molar-refractivity contribution in [2.75, 3.05) is 19.6 Å². The molecule has 0 saturated heterocycles. The molecule has 0 unspecified atom stereocenters. The summed E-state index contributed by atoms with van der Waals surface area (Å²) in [5.41, 5.74) is 18.6. The molecule has 3 nitrogen and oxygen atoms in total. The van der Waals surface area contributed by atoms with Gasteiger partial charge in [0.05, 0.1) is 0 Å². The van der Waals surface area contributed by atoms with Gasteiger partial charge in [0.25, 0.3) is 0 Å². The molecule has 0 bridgehead atoms. The smallest absolute Gasteiger partial charge is 4.00 e. The molecule has 6 heteroatoms. The van der Waals surface area contributed by atoms with Gasteiger partial charge in [0.15, 0.2) is 0 Å². The van der Waals surface area contributed by atoms with Crippen LogP contribution < -0.4 is 4.40 Å². The van der Waals surface area contributed by atoms with Crippen molar-refractivity contribution in [1.29, 1.82) is 0 Å². The molecule has 0 aliphatic carbocycles. The van der Waals surface area contributed by atoms with Crippen LogP contribution in [0.4, 0.5) is 3.50 Å². The van der Waals surface area contributed by atoms with E-state index in [1.807, 2.05) is 24.3 Å². The van der Waals surface area contributed by atoms with Crippen molar-refractivity contribution >= 4 is 20.3 Å². The average molecular weight is 381 g/mol. The second-order valence-corrected chi connectivity index (χ2v) is 4.76. The number of rotatable bonds is 1. The maximum absolute atomic E-state index is 11.7. The molecule has 0 saturated carbocycles. The van der Waals surface area contributed by atoms with E-state index in [0.717, 1.165) is 4.40 Å². The molecule has 0 aromatic heterocycles. The first-order valence-electron chi connectivity index (χ1n) is 5.38. The fourth-order valence-electron chi connectivity index (χ4n) is 0.503. The van der Waals surface area contributed by atoms with E-state index in [-0.39, 0.29) is 26.2 Å². The van der Waals surface area contributed by atoms with E-state index in [0.29, 0.717) is 19.6 Å². The van der Waals surface area contributed by atoms with Crippen LogP contribution in [0.1, 0.15) is 20.8 Å². The predicted octanol–water partition coefficient (Wildman–Crippen LogP) is 3.26. The Kier molecular flexibility index (Phi) is 46.3. The van der Waals surface area contributed by atoms with E-state index in [9.17, 15) is 3.50 Å². The minimum absolute atomic E-state index is 0. The number of hydrogen-bond acceptors (Lipinski definition) is 0. The Morgan fingerprint density at radius 2 is 1.18 bits per heavy atom. The summed E-state index contributed by atoms with van der Waals surface area (Å²) in [6, 6.07) is 7.44. The van der Waals surface area contributed by atoms with E-state index in [1.165, 1.54) is 0 Å². The van der Waals surface area contributed by atoms with Gasteiger partial charge in [0.2, 0.25) is 0 Å². The van der Waals surface area contributed by atoms with Crippen molar-refractivity contribution in [3.05, 3.63) is 41.5 Å². The van der Waals surface area contributed by atoms with Crippen LogP contribution in [0.2, 0.25) is 0 Å². The molecule has 0 amide bonds. The Bertz CT molecular complexity index is 170. The van der Waals surface area contributed by atoms with Crippen LogP contribution in [-0.4, -0.2) is 35.5 Å². The minimum atomic E-state index is -1.73. The van der Waals surface area contributed by atoms with Crippen molar-refractivity contribution in [1.82, 2.24) is 0 Å². The van der Waals surface area contributed by atoms with Crippen LogP contribution >= 0.6 is 0 Å². The second-order valence-electron chi connectivity index (χ2n) is 2.49. The molecule has 1 aromatic carbocycles. The van der Waals surface area contributed by atoms with Gasteiger partial charge in [-0.05, 0) is 0 Å². The fourth-order valence-corrected chi connectivity index (χ4v) is 1.45. The van der Waals surface area contributed by atoms with Crippen molar-refractivity contribution in [3.63, 3.8) is 0 Å². The molecule has 17 heavy (non-hydrogen) atoms. The topological polar surface area (TPSA) is 71.4 Å². The molecule has 1 rings (SSSR count). The van der Waals surface area contributed by atoms with E-state index < -0.39 is 15.9 Å². The first kappa shape index (κ1) is 26.2. The molecule has 1 aromatic rings. The number of halogens is 1. The predicted molar refractivity (Wildman–Crippen MR) is 75.9 cm³/mol. The van der Waals surface area contributed by atoms with E-state index in [1.54, 1.807) is 20.8 Å². The van der Waals surface area contributed by atoms with Crippen molar-refractivity contribution in [2.24, 2.45) is 0 Å². The first-order chi connectivity index (χ1) is 7.67. The average Bonchev–Trinajstić information content (AvgIpc) is 2.73. The molecule has 0 atom stereocenters. The van der Waals surface area contributed by atoms with Crippen LogP contribution in [-0.2, 0) is 26.2 Å². The maximum atomic E-state index is 11.7. The van der Waals surface area contributed by atoms with Crippen LogP contribution in [0.3, 0.4) is 0 Å². The zero-order valence-corrected chi connectivity index (χ0v) is 16.4. The SMILES string of the molecule is CC[NH-].CC[NH-].CC[NH-].[F][GeH2][c-]1cccc1.[Zr+4]. The van der Waals surface area contributed by atoms with Crippen molar-refractivity contribution in [2.45, 2.75) is 20.8 Å². The summed E-state index contributed by atoms with van der Waals surface area (Å²) in [7, 11) is 0. The zero-order valence-electron chi connectivity index (χ0n) is 11.0. The van der Waals surface area contributed by atoms with Gasteiger partial charge >= 0.3 is 74.3 Å². The van der Waals surface area contributed by atoms with Gasteiger partial charge in [-0.15, -0.1) is 0 Å². The molecule has 0 aliphatic heterocycles. The van der Waals surface area contributed by atoms with Gasteiger partial charge in [0, 0.05) is 0 Å². The third kappa shape index (κ3) is 38.4. The van der Waals surface area contributed by atoms with Gasteiger partial charge in [-0.25, -0.2) is 0 Å². The second kappa shape index (κ2) is 30.0. The van der Waals surface area contributed by atoms with E-state index >= 15 is 0 Å². The Balaban J connectivity index is -0.0000000734. The summed E-state index contributed by atoms with van der Waals surface area (Å²) in [6.45, 7) is 6.88. The van der Waals surface area contributed by atoms with Crippen LogP contribution in [0.5, 0.6) is 0 Å². The van der Waals surface area contributed by atoms with Gasteiger partial charge in [-0.1, -0.05) is 20.8 Å². The summed E-state index contributed by atoms with van der Waals surface area (Å²) < 4.78 is 12.7. The third-order valence-corrected chi connectivity index (χ3v) is 2.52. The molecule has 0 fully saturated rings. The first-order valence-corrected chi connectivity index (χ1v) is 7.99. The minimum Gasteiger partial charge on any atom is 4.00 e. The van der Waals surface area contributed by atoms with Crippen molar-refractivity contribution in [3.8, 4) is 0 Å². The van der Waals surface area contributed by atoms with E-state index in [4.69, 9.17) is 17.2 Å². The summed E-state index contributed by atoms with van der Waals surface area (Å²) >= 11 is -1.73. The molecule has 0 heterocycles. The fraction of sp³-hybridized carbons (Fsp3) is 0.545. The maximum Gasteiger partial charge on any atom is 4.00 e. The molecule has 0 spiro atoms. The number of hydrogen-bond donors (Lipinski definition) is 0. The largest absolute Gasteiger partial charge is 4.00 e. The van der Waals surface area contributed by atoms with Crippen molar-refractivity contribution < 1.29 is 29.7 Å². The molecular formula is C11H24FGeN3Zr. The Morgan fingerprint density at radius 1 is 0.941 bits per heavy atom. The molecule has 0 radical (unpaired) electrons.